The van der Waals surface area contributed by atoms with Crippen molar-refractivity contribution in [3.63, 3.8) is 0 Å². The standard InChI is InChI=1S/C27H34N6O4/c1-27(2,3)37-26(36)30-21(24(34)33-19(12-29)8-18-9-22(18)33)15-31-14-20-10-23(31)25(35)32(20)13-17-6-4-5-16(7-17)11-28/h4-7,18-23,25,35H,8-10,13-15H2,1-3H3,(H,30,36)/t18-,19?,20+,21?,22+,23+,25?/m1/s1. The average Bonchev–Trinajstić information content (AvgIpc) is 3.17. The number of amides is 2. The molecular formula is C27H34N6O4. The quantitative estimate of drug-likeness (QED) is 0.594. The van der Waals surface area contributed by atoms with Crippen molar-refractivity contribution in [1.82, 2.24) is 20.0 Å². The highest BCUT2D eigenvalue weighted by Gasteiger charge is 2.56. The van der Waals surface area contributed by atoms with Gasteiger partial charge in [0.05, 0.1) is 23.7 Å². The van der Waals surface area contributed by atoms with E-state index in [9.17, 15) is 25.2 Å². The van der Waals surface area contributed by atoms with Gasteiger partial charge in [0.25, 0.3) is 0 Å². The number of alkyl carbamates (subject to hydrolysis) is 1. The zero-order valence-electron chi connectivity index (χ0n) is 21.5. The number of fused-ring (bicyclic) bond motifs is 3. The number of nitrogens with one attached hydrogen (secondary N) is 1. The first-order valence-electron chi connectivity index (χ1n) is 13.0. The second-order valence-corrected chi connectivity index (χ2v) is 11.7. The van der Waals surface area contributed by atoms with Crippen LogP contribution < -0.4 is 5.32 Å². The number of rotatable bonds is 6. The molecule has 4 fully saturated rings. The minimum Gasteiger partial charge on any atom is -0.444 e. The second kappa shape index (κ2) is 9.60. The topological polar surface area (TPSA) is 133 Å². The Morgan fingerprint density at radius 2 is 2.00 bits per heavy atom. The second-order valence-electron chi connectivity index (χ2n) is 11.7. The molecule has 3 aliphatic heterocycles. The molecule has 1 aliphatic carbocycles. The summed E-state index contributed by atoms with van der Waals surface area (Å²) < 4.78 is 5.44. The lowest BCUT2D eigenvalue weighted by Gasteiger charge is -2.40. The minimum atomic E-state index is -0.877. The normalized spacial score (nSPS) is 31.4. The summed E-state index contributed by atoms with van der Waals surface area (Å²) in [6, 6.07) is 10.4. The van der Waals surface area contributed by atoms with E-state index in [0.717, 1.165) is 18.4 Å². The zero-order chi connectivity index (χ0) is 26.5. The maximum absolute atomic E-state index is 13.7. The first kappa shape index (κ1) is 25.5. The highest BCUT2D eigenvalue weighted by atomic mass is 16.6. The van der Waals surface area contributed by atoms with Gasteiger partial charge in [0.2, 0.25) is 5.91 Å². The van der Waals surface area contributed by atoms with Crippen LogP contribution in [-0.2, 0) is 16.1 Å². The van der Waals surface area contributed by atoms with Crippen LogP contribution in [0.15, 0.2) is 24.3 Å². The number of hydrogen-bond donors (Lipinski definition) is 2. The monoisotopic (exact) mass is 506 g/mol. The third-order valence-corrected chi connectivity index (χ3v) is 7.92. The summed E-state index contributed by atoms with van der Waals surface area (Å²) in [7, 11) is 0. The summed E-state index contributed by atoms with van der Waals surface area (Å²) in [5.74, 6) is 0.110. The molecule has 1 aromatic carbocycles. The summed E-state index contributed by atoms with van der Waals surface area (Å²) in [6.07, 6.45) is 0.934. The fraction of sp³-hybridized carbons (Fsp3) is 0.630. The Kier molecular flexibility index (Phi) is 6.61. The van der Waals surface area contributed by atoms with Crippen molar-refractivity contribution in [2.45, 2.75) is 88.6 Å². The predicted molar refractivity (Wildman–Crippen MR) is 132 cm³/mol. The summed E-state index contributed by atoms with van der Waals surface area (Å²) in [5, 5.41) is 32.7. The lowest BCUT2D eigenvalue weighted by atomic mass is 10.1. The van der Waals surface area contributed by atoms with Gasteiger partial charge in [-0.2, -0.15) is 10.5 Å². The van der Waals surface area contributed by atoms with E-state index in [4.69, 9.17) is 4.74 Å². The predicted octanol–water partition coefficient (Wildman–Crippen LogP) is 1.54. The molecule has 1 aromatic rings. The fourth-order valence-corrected chi connectivity index (χ4v) is 6.22. The fourth-order valence-electron chi connectivity index (χ4n) is 6.22. The van der Waals surface area contributed by atoms with Gasteiger partial charge in [-0.05, 0) is 63.6 Å². The Hall–Kier alpha value is -3.18. The van der Waals surface area contributed by atoms with Crippen molar-refractivity contribution < 1.29 is 19.4 Å². The minimum absolute atomic E-state index is 0.0698. The third kappa shape index (κ3) is 5.15. The number of nitriles is 2. The van der Waals surface area contributed by atoms with Gasteiger partial charge in [-0.15, -0.1) is 0 Å². The molecule has 10 nitrogen and oxygen atoms in total. The van der Waals surface area contributed by atoms with E-state index < -0.39 is 30.0 Å². The van der Waals surface area contributed by atoms with Gasteiger partial charge < -0.3 is 20.1 Å². The number of hydrogen-bond acceptors (Lipinski definition) is 8. The Morgan fingerprint density at radius 1 is 1.22 bits per heavy atom. The molecule has 1 saturated carbocycles. The highest BCUT2D eigenvalue weighted by molar-refractivity contribution is 5.87. The van der Waals surface area contributed by atoms with Crippen LogP contribution in [0, 0.1) is 28.6 Å². The van der Waals surface area contributed by atoms with E-state index in [0.29, 0.717) is 31.0 Å². The molecule has 37 heavy (non-hydrogen) atoms. The molecule has 3 saturated heterocycles. The Labute approximate surface area is 217 Å². The molecule has 2 amide bonds. The van der Waals surface area contributed by atoms with Gasteiger partial charge in [-0.3, -0.25) is 14.6 Å². The number of likely N-dealkylation sites (tertiary alicyclic amines) is 3. The number of piperazine rings is 1. The average molecular weight is 507 g/mol. The van der Waals surface area contributed by atoms with E-state index in [1.54, 1.807) is 31.7 Å². The summed E-state index contributed by atoms with van der Waals surface area (Å²) in [4.78, 5) is 32.1. The van der Waals surface area contributed by atoms with Gasteiger partial charge in [0.15, 0.2) is 0 Å². The van der Waals surface area contributed by atoms with Crippen LogP contribution >= 0.6 is 0 Å². The van der Waals surface area contributed by atoms with Crippen molar-refractivity contribution in [2.75, 3.05) is 13.1 Å². The van der Waals surface area contributed by atoms with Crippen molar-refractivity contribution >= 4 is 12.0 Å². The molecule has 3 unspecified atom stereocenters. The maximum atomic E-state index is 13.7. The van der Waals surface area contributed by atoms with Crippen LogP contribution in [0.2, 0.25) is 0 Å². The molecular weight excluding hydrogens is 472 g/mol. The number of aliphatic hydroxyl groups excluding tert-OH is 1. The van der Waals surface area contributed by atoms with E-state index >= 15 is 0 Å². The van der Waals surface area contributed by atoms with Gasteiger partial charge >= 0.3 is 6.09 Å². The van der Waals surface area contributed by atoms with Crippen LogP contribution in [0.4, 0.5) is 4.79 Å². The molecule has 196 valence electrons. The lowest BCUT2D eigenvalue weighted by molar-refractivity contribution is -0.136. The largest absolute Gasteiger partial charge is 0.444 e. The van der Waals surface area contributed by atoms with E-state index in [1.807, 2.05) is 23.1 Å². The maximum Gasteiger partial charge on any atom is 0.408 e. The van der Waals surface area contributed by atoms with Gasteiger partial charge in [-0.25, -0.2) is 4.79 Å². The molecule has 7 atom stereocenters. The first-order valence-corrected chi connectivity index (χ1v) is 13.0. The number of aliphatic hydroxyl groups is 1. The molecule has 0 spiro atoms. The van der Waals surface area contributed by atoms with Crippen LogP contribution in [0.5, 0.6) is 0 Å². The molecule has 0 radical (unpaired) electrons. The molecule has 3 heterocycles. The van der Waals surface area contributed by atoms with E-state index in [1.165, 1.54) is 0 Å². The molecule has 4 aliphatic rings. The Bertz CT molecular complexity index is 1150. The molecule has 0 aromatic heterocycles. The Morgan fingerprint density at radius 3 is 2.68 bits per heavy atom. The molecule has 2 N–H and O–H groups in total. The van der Waals surface area contributed by atoms with Crippen LogP contribution in [0.1, 0.15) is 51.2 Å². The van der Waals surface area contributed by atoms with Gasteiger partial charge in [-0.1, -0.05) is 12.1 Å². The number of carbonyl (C=O) groups excluding carboxylic acids is 2. The number of ether oxygens (including phenoxy) is 1. The Balaban J connectivity index is 1.28. The van der Waals surface area contributed by atoms with E-state index in [2.05, 4.69) is 22.4 Å². The zero-order valence-corrected chi connectivity index (χ0v) is 21.5. The van der Waals surface area contributed by atoms with Crippen molar-refractivity contribution in [3.05, 3.63) is 35.4 Å². The summed E-state index contributed by atoms with van der Waals surface area (Å²) >= 11 is 0. The number of piperidine rings is 1. The highest BCUT2D eigenvalue weighted by Crippen LogP contribution is 2.48. The van der Waals surface area contributed by atoms with Crippen molar-refractivity contribution in [3.8, 4) is 12.1 Å². The molecule has 2 bridgehead atoms. The van der Waals surface area contributed by atoms with Crippen LogP contribution in [-0.4, -0.2) is 86.9 Å². The lowest BCUT2D eigenvalue weighted by Crippen LogP contribution is -2.60. The van der Waals surface area contributed by atoms with E-state index in [-0.39, 0.29) is 30.6 Å². The van der Waals surface area contributed by atoms with Crippen molar-refractivity contribution in [2.24, 2.45) is 5.92 Å². The van der Waals surface area contributed by atoms with Crippen LogP contribution in [0.25, 0.3) is 0 Å². The third-order valence-electron chi connectivity index (χ3n) is 7.92. The summed E-state index contributed by atoms with van der Waals surface area (Å²) in [5.41, 5.74) is 0.837. The van der Waals surface area contributed by atoms with Gasteiger partial charge in [0.1, 0.15) is 23.9 Å². The number of benzene rings is 1. The van der Waals surface area contributed by atoms with Crippen LogP contribution in [0.3, 0.4) is 0 Å². The number of carbonyl (C=O) groups is 2. The smallest absolute Gasteiger partial charge is 0.408 e. The first-order chi connectivity index (χ1) is 17.6. The SMILES string of the molecule is CC(C)(C)OC(=O)NC(CN1C[C@@H]2C[C@H]1C(O)N2Cc1cccc(C#N)c1)C(=O)N1C(C#N)C[C@@H]2C[C@@H]21. The summed E-state index contributed by atoms with van der Waals surface area (Å²) in [6.45, 7) is 6.71. The van der Waals surface area contributed by atoms with Gasteiger partial charge in [0, 0.05) is 31.7 Å². The van der Waals surface area contributed by atoms with Crippen molar-refractivity contribution in [1.29, 1.82) is 10.5 Å². The molecule has 10 heteroatoms. The number of nitrogens with zero attached hydrogens (tertiary/aromatic N) is 5. The molecule has 5 rings (SSSR count).